The van der Waals surface area contributed by atoms with Crippen LogP contribution < -0.4 is 29.6 Å². The molecule has 39 heavy (non-hydrogen) atoms. The Morgan fingerprint density at radius 3 is 2.26 bits per heavy atom. The lowest BCUT2D eigenvalue weighted by Gasteiger charge is -2.35. The number of amides is 1. The highest BCUT2D eigenvalue weighted by atomic mass is 28.3. The smallest absolute Gasteiger partial charge is 0.291 e. The van der Waals surface area contributed by atoms with E-state index in [2.05, 4.69) is 71.0 Å². The molecule has 1 saturated heterocycles. The summed E-state index contributed by atoms with van der Waals surface area (Å²) in [4.78, 5) is 26.6. The molecule has 1 aromatic carbocycles. The number of hydrogen-bond donors (Lipinski definition) is 1. The number of nitrogens with zero attached hydrogens (tertiary/aromatic N) is 4. The predicted octanol–water partition coefficient (Wildman–Crippen LogP) is 4.52. The van der Waals surface area contributed by atoms with Crippen molar-refractivity contribution in [1.29, 1.82) is 0 Å². The van der Waals surface area contributed by atoms with Gasteiger partial charge in [-0.3, -0.25) is 4.79 Å². The highest BCUT2D eigenvalue weighted by molar-refractivity contribution is 6.88. The van der Waals surface area contributed by atoms with Crippen molar-refractivity contribution >= 4 is 30.8 Å². The van der Waals surface area contributed by atoms with E-state index in [9.17, 15) is 4.79 Å². The van der Waals surface area contributed by atoms with Gasteiger partial charge in [-0.1, -0.05) is 37.0 Å². The molecule has 1 aliphatic rings. The number of methoxy groups -OCH3 is 2. The first kappa shape index (κ1) is 28.4. The van der Waals surface area contributed by atoms with Gasteiger partial charge in [-0.15, -0.1) is 0 Å². The summed E-state index contributed by atoms with van der Waals surface area (Å²) in [6.07, 6.45) is 2.01. The molecule has 0 atom stereocenters. The molecule has 0 spiro atoms. The van der Waals surface area contributed by atoms with Gasteiger partial charge in [0, 0.05) is 25.2 Å². The molecule has 4 rings (SSSR count). The molecule has 210 valence electrons. The monoisotopic (exact) mass is 553 g/mol. The maximum atomic E-state index is 13.1. The van der Waals surface area contributed by atoms with Crippen molar-refractivity contribution in [3.63, 3.8) is 0 Å². The molecule has 1 fully saturated rings. The number of carbonyl (C=O) groups is 1. The van der Waals surface area contributed by atoms with Gasteiger partial charge < -0.3 is 33.7 Å². The second-order valence-corrected chi connectivity index (χ2v) is 16.1. The molecule has 11 heteroatoms. The van der Waals surface area contributed by atoms with Crippen LogP contribution in [-0.4, -0.2) is 76.3 Å². The van der Waals surface area contributed by atoms with E-state index in [1.165, 1.54) is 19.4 Å². The van der Waals surface area contributed by atoms with Gasteiger partial charge in [-0.05, 0) is 51.6 Å². The third-order valence-electron chi connectivity index (χ3n) is 7.00. The number of benzene rings is 1. The number of piperidine rings is 1. The maximum Gasteiger partial charge on any atom is 0.291 e. The average molecular weight is 554 g/mol. The highest BCUT2D eigenvalue weighted by Gasteiger charge is 2.27. The van der Waals surface area contributed by atoms with Gasteiger partial charge >= 0.3 is 0 Å². The molecular weight excluding hydrogens is 514 g/mol. The molecule has 10 nitrogen and oxygen atoms in total. The fraction of sp³-hybridized carbons (Fsp3) is 0.464. The van der Waals surface area contributed by atoms with Crippen molar-refractivity contribution in [1.82, 2.24) is 14.9 Å². The predicted molar refractivity (Wildman–Crippen MR) is 155 cm³/mol. The minimum absolute atomic E-state index is 0.0722. The van der Waals surface area contributed by atoms with Gasteiger partial charge in [-0.25, -0.2) is 0 Å². The highest BCUT2D eigenvalue weighted by Crippen LogP contribution is 2.35. The van der Waals surface area contributed by atoms with Crippen molar-refractivity contribution in [2.24, 2.45) is 0 Å². The van der Waals surface area contributed by atoms with E-state index in [4.69, 9.17) is 18.6 Å². The molecule has 0 aliphatic carbocycles. The Balaban J connectivity index is 1.51. The Morgan fingerprint density at radius 1 is 1.05 bits per heavy atom. The van der Waals surface area contributed by atoms with Crippen molar-refractivity contribution in [3.05, 3.63) is 41.7 Å². The fourth-order valence-corrected chi connectivity index (χ4v) is 5.64. The third kappa shape index (κ3) is 6.54. The Kier molecular flexibility index (Phi) is 8.50. The first-order valence-electron chi connectivity index (χ1n) is 13.1. The van der Waals surface area contributed by atoms with Crippen LogP contribution in [0, 0.1) is 6.92 Å². The molecule has 1 amide bonds. The van der Waals surface area contributed by atoms with Crippen molar-refractivity contribution < 1.29 is 23.4 Å². The van der Waals surface area contributed by atoms with E-state index >= 15 is 0 Å². The van der Waals surface area contributed by atoms with Crippen LogP contribution in [0.15, 0.2) is 34.7 Å². The quantitative estimate of drug-likeness (QED) is 0.383. The Labute approximate surface area is 231 Å². The zero-order valence-electron chi connectivity index (χ0n) is 24.1. The number of nitrogens with one attached hydrogen (secondary N) is 1. The summed E-state index contributed by atoms with van der Waals surface area (Å²) in [6, 6.07) is 9.97. The number of hydrogen-bond acceptors (Lipinski definition) is 9. The van der Waals surface area contributed by atoms with Crippen LogP contribution in [0.5, 0.6) is 23.5 Å². The normalized spacial score (nSPS) is 14.4. The summed E-state index contributed by atoms with van der Waals surface area (Å²) in [5.41, 5.74) is 1.21. The second-order valence-electron chi connectivity index (χ2n) is 11.0. The molecule has 1 N–H and O–H groups in total. The van der Waals surface area contributed by atoms with Crippen LogP contribution in [-0.2, 0) is 0 Å². The summed E-state index contributed by atoms with van der Waals surface area (Å²) in [6.45, 7) is 10.5. The number of aryl methyl sites for hydroxylation is 1. The second kappa shape index (κ2) is 11.7. The minimum atomic E-state index is -1.52. The number of aromatic nitrogens is 2. The van der Waals surface area contributed by atoms with Crippen molar-refractivity contribution in [2.75, 3.05) is 51.6 Å². The number of furan rings is 1. The fourth-order valence-electron chi connectivity index (χ4n) is 4.49. The summed E-state index contributed by atoms with van der Waals surface area (Å²) in [7, 11) is 5.67. The maximum absolute atomic E-state index is 13.1. The Bertz CT molecular complexity index is 1290. The zero-order valence-corrected chi connectivity index (χ0v) is 25.1. The minimum Gasteiger partial charge on any atom is -0.479 e. The summed E-state index contributed by atoms with van der Waals surface area (Å²) in [5, 5.41) is 4.06. The van der Waals surface area contributed by atoms with E-state index in [1.54, 1.807) is 12.1 Å². The molecule has 0 bridgehead atoms. The van der Waals surface area contributed by atoms with Gasteiger partial charge in [0.15, 0.2) is 11.4 Å². The summed E-state index contributed by atoms with van der Waals surface area (Å²) < 4.78 is 22.8. The topological polar surface area (TPSA) is 102 Å². The third-order valence-corrected chi connectivity index (χ3v) is 9.05. The largest absolute Gasteiger partial charge is 0.479 e. The van der Waals surface area contributed by atoms with Crippen LogP contribution in [0.25, 0.3) is 0 Å². The molecule has 3 heterocycles. The van der Waals surface area contributed by atoms with E-state index in [0.717, 1.165) is 31.5 Å². The van der Waals surface area contributed by atoms with E-state index in [1.807, 2.05) is 13.0 Å². The Hall–Kier alpha value is -3.57. The zero-order chi connectivity index (χ0) is 28.3. The standard InChI is InChI=1S/C28H39N5O5Si/c1-18-9-10-20(39(6,7)8)17-22(18)38-23-12-11-21(37-23)25(34)29-24-26(35-4)30-28(31-27(24)36-5)33-15-13-19(14-16-33)32(2)3/h9-12,17,19H,13-16H2,1-8H3,(H,29,34). The first-order chi connectivity index (χ1) is 18.5. The lowest BCUT2D eigenvalue weighted by molar-refractivity contribution is 0.0990. The first-order valence-corrected chi connectivity index (χ1v) is 16.6. The van der Waals surface area contributed by atoms with Crippen molar-refractivity contribution in [3.8, 4) is 23.5 Å². The van der Waals surface area contributed by atoms with Gasteiger partial charge in [0.25, 0.3) is 11.9 Å². The summed E-state index contributed by atoms with van der Waals surface area (Å²) >= 11 is 0. The average Bonchev–Trinajstić information content (AvgIpc) is 3.38. The molecule has 1 aliphatic heterocycles. The number of ether oxygens (including phenoxy) is 3. The number of carbonyl (C=O) groups excluding carboxylic acids is 1. The van der Waals surface area contributed by atoms with Crippen LogP contribution in [0.1, 0.15) is 29.0 Å². The molecule has 0 unspecified atom stereocenters. The summed E-state index contributed by atoms with van der Waals surface area (Å²) in [5.74, 6) is 1.42. The van der Waals surface area contributed by atoms with Gasteiger partial charge in [0.05, 0.1) is 22.3 Å². The molecule has 0 saturated carbocycles. The van der Waals surface area contributed by atoms with Crippen LogP contribution in [0.2, 0.25) is 19.6 Å². The molecule has 3 aromatic rings. The van der Waals surface area contributed by atoms with E-state index in [0.29, 0.717) is 17.7 Å². The van der Waals surface area contributed by atoms with Crippen LogP contribution in [0.4, 0.5) is 11.6 Å². The number of rotatable bonds is 9. The lowest BCUT2D eigenvalue weighted by atomic mass is 10.0. The van der Waals surface area contributed by atoms with E-state index in [-0.39, 0.29) is 29.2 Å². The van der Waals surface area contributed by atoms with Crippen LogP contribution in [0.3, 0.4) is 0 Å². The number of anilines is 2. The van der Waals surface area contributed by atoms with Crippen LogP contribution >= 0.6 is 0 Å². The molecule has 0 radical (unpaired) electrons. The van der Waals surface area contributed by atoms with Gasteiger partial charge in [-0.2, -0.15) is 9.97 Å². The van der Waals surface area contributed by atoms with E-state index < -0.39 is 14.0 Å². The van der Waals surface area contributed by atoms with Gasteiger partial charge in [0.1, 0.15) is 5.75 Å². The SMILES string of the molecule is COc1nc(N2CCC(N(C)C)CC2)nc(OC)c1NC(=O)c1ccc(Oc2cc([Si](C)(C)C)ccc2C)o1. The molecular formula is C28H39N5O5Si. The van der Waals surface area contributed by atoms with Gasteiger partial charge in [0.2, 0.25) is 17.7 Å². The van der Waals surface area contributed by atoms with Crippen molar-refractivity contribution in [2.45, 2.75) is 45.4 Å². The Morgan fingerprint density at radius 2 is 1.69 bits per heavy atom. The molecule has 2 aromatic heterocycles. The lowest BCUT2D eigenvalue weighted by Crippen LogP contribution is -2.42.